The molecule has 0 aromatic carbocycles. The van der Waals surface area contributed by atoms with Crippen LogP contribution in [0.5, 0.6) is 0 Å². The van der Waals surface area contributed by atoms with E-state index in [1.807, 2.05) is 0 Å². The molecule has 15 heavy (non-hydrogen) atoms. The van der Waals surface area contributed by atoms with Crippen LogP contribution in [0.4, 0.5) is 0 Å². The maximum Gasteiger partial charge on any atom is 0.277 e. The first-order valence-electron chi connectivity index (χ1n) is 4.53. The number of rotatable bonds is 1. The lowest BCUT2D eigenvalue weighted by Crippen LogP contribution is -2.18. The van der Waals surface area contributed by atoms with Crippen molar-refractivity contribution in [1.82, 2.24) is 19.7 Å². The molecule has 0 saturated carbocycles. The molecule has 0 fully saturated rings. The van der Waals surface area contributed by atoms with Crippen LogP contribution in [0.3, 0.4) is 0 Å². The van der Waals surface area contributed by atoms with Crippen molar-refractivity contribution >= 4 is 11.8 Å². The molecule has 2 aromatic rings. The minimum absolute atomic E-state index is 0.00417. The zero-order valence-corrected chi connectivity index (χ0v) is 8.62. The van der Waals surface area contributed by atoms with E-state index in [4.69, 9.17) is 0 Å². The SMILES string of the molecule is O=c1c2c([nH]n1-c1cnccn1)CSC2. The molecule has 0 bridgehead atoms. The van der Waals surface area contributed by atoms with Gasteiger partial charge in [-0.05, 0) is 0 Å². The first-order chi connectivity index (χ1) is 7.36. The van der Waals surface area contributed by atoms with Crippen LogP contribution in [0, 0.1) is 0 Å². The van der Waals surface area contributed by atoms with Crippen molar-refractivity contribution in [3.05, 3.63) is 40.2 Å². The number of hydrogen-bond acceptors (Lipinski definition) is 4. The number of H-pyrrole nitrogens is 1. The fourth-order valence-corrected chi connectivity index (χ4v) is 2.66. The van der Waals surface area contributed by atoms with E-state index in [1.165, 1.54) is 4.68 Å². The smallest absolute Gasteiger partial charge is 0.277 e. The molecule has 1 aliphatic heterocycles. The van der Waals surface area contributed by atoms with Crippen LogP contribution in [0.2, 0.25) is 0 Å². The summed E-state index contributed by atoms with van der Waals surface area (Å²) < 4.78 is 1.46. The van der Waals surface area contributed by atoms with Gasteiger partial charge in [0.2, 0.25) is 0 Å². The van der Waals surface area contributed by atoms with E-state index in [1.54, 1.807) is 30.4 Å². The summed E-state index contributed by atoms with van der Waals surface area (Å²) in [6, 6.07) is 0. The van der Waals surface area contributed by atoms with Crippen LogP contribution in [0.1, 0.15) is 11.3 Å². The molecule has 0 atom stereocenters. The molecular formula is C9H8N4OS. The number of fused-ring (bicyclic) bond motifs is 1. The van der Waals surface area contributed by atoms with Crippen molar-refractivity contribution in [1.29, 1.82) is 0 Å². The summed E-state index contributed by atoms with van der Waals surface area (Å²) in [5.41, 5.74) is 1.87. The predicted octanol–water partition coefficient (Wildman–Crippen LogP) is 0.702. The third-order valence-corrected chi connectivity index (χ3v) is 3.33. The Bertz CT molecular complexity index is 545. The summed E-state index contributed by atoms with van der Waals surface area (Å²) in [5, 5.41) is 3.06. The number of aromatic amines is 1. The Morgan fingerprint density at radius 1 is 1.40 bits per heavy atom. The summed E-state index contributed by atoms with van der Waals surface area (Å²) in [6.45, 7) is 0. The highest BCUT2D eigenvalue weighted by atomic mass is 32.2. The quantitative estimate of drug-likeness (QED) is 0.768. The zero-order valence-electron chi connectivity index (χ0n) is 7.80. The minimum atomic E-state index is -0.00417. The number of thioether (sulfide) groups is 1. The lowest BCUT2D eigenvalue weighted by molar-refractivity contribution is 0.797. The van der Waals surface area contributed by atoms with Gasteiger partial charge in [-0.1, -0.05) is 0 Å². The molecule has 2 aromatic heterocycles. The number of nitrogens with zero attached hydrogens (tertiary/aromatic N) is 3. The summed E-state index contributed by atoms with van der Waals surface area (Å²) >= 11 is 1.75. The monoisotopic (exact) mass is 220 g/mol. The molecule has 76 valence electrons. The summed E-state index contributed by atoms with van der Waals surface area (Å²) in [5.74, 6) is 2.21. The van der Waals surface area contributed by atoms with Gasteiger partial charge in [0.15, 0.2) is 5.82 Å². The van der Waals surface area contributed by atoms with E-state index in [9.17, 15) is 4.79 Å². The Labute approximate surface area is 89.5 Å². The first kappa shape index (κ1) is 8.72. The van der Waals surface area contributed by atoms with E-state index in [0.717, 1.165) is 22.8 Å². The third kappa shape index (κ3) is 1.29. The second-order valence-corrected chi connectivity index (χ2v) is 4.25. The van der Waals surface area contributed by atoms with Crippen LogP contribution in [0.15, 0.2) is 23.4 Å². The van der Waals surface area contributed by atoms with Gasteiger partial charge >= 0.3 is 0 Å². The summed E-state index contributed by atoms with van der Waals surface area (Å²) in [6.07, 6.45) is 4.73. The van der Waals surface area contributed by atoms with Crippen LogP contribution in [-0.2, 0) is 11.5 Å². The molecule has 0 radical (unpaired) electrons. The second kappa shape index (κ2) is 3.23. The summed E-state index contributed by atoms with van der Waals surface area (Å²) in [4.78, 5) is 19.9. The summed E-state index contributed by atoms with van der Waals surface area (Å²) in [7, 11) is 0. The molecule has 1 N–H and O–H groups in total. The highest BCUT2D eigenvalue weighted by molar-refractivity contribution is 7.98. The minimum Gasteiger partial charge on any atom is -0.292 e. The second-order valence-electron chi connectivity index (χ2n) is 3.27. The molecule has 1 aliphatic rings. The number of aromatic nitrogens is 4. The number of hydrogen-bond donors (Lipinski definition) is 1. The molecule has 3 heterocycles. The van der Waals surface area contributed by atoms with E-state index >= 15 is 0 Å². The molecule has 0 unspecified atom stereocenters. The molecule has 0 spiro atoms. The topological polar surface area (TPSA) is 63.6 Å². The van der Waals surface area contributed by atoms with Crippen molar-refractivity contribution in [3.8, 4) is 5.82 Å². The van der Waals surface area contributed by atoms with Gasteiger partial charge in [0.25, 0.3) is 5.56 Å². The Kier molecular flexibility index (Phi) is 1.88. The Morgan fingerprint density at radius 2 is 2.33 bits per heavy atom. The molecule has 5 nitrogen and oxygen atoms in total. The lowest BCUT2D eigenvalue weighted by Gasteiger charge is -1.98. The van der Waals surface area contributed by atoms with Crippen LogP contribution < -0.4 is 5.56 Å². The highest BCUT2D eigenvalue weighted by Gasteiger charge is 2.20. The van der Waals surface area contributed by atoms with Crippen molar-refractivity contribution in [2.45, 2.75) is 11.5 Å². The van der Waals surface area contributed by atoms with E-state index < -0.39 is 0 Å². The van der Waals surface area contributed by atoms with Gasteiger partial charge in [0, 0.05) is 23.9 Å². The maximum absolute atomic E-state index is 11.9. The molecule has 0 saturated heterocycles. The van der Waals surface area contributed by atoms with Crippen LogP contribution in [-0.4, -0.2) is 19.7 Å². The molecule has 0 aliphatic carbocycles. The average Bonchev–Trinajstić information content (AvgIpc) is 2.83. The fraction of sp³-hybridized carbons (Fsp3) is 0.222. The molecule has 3 rings (SSSR count). The highest BCUT2D eigenvalue weighted by Crippen LogP contribution is 2.25. The van der Waals surface area contributed by atoms with Crippen molar-refractivity contribution in [2.75, 3.05) is 0 Å². The van der Waals surface area contributed by atoms with E-state index in [0.29, 0.717) is 5.82 Å². The van der Waals surface area contributed by atoms with Crippen LogP contribution >= 0.6 is 11.8 Å². The Balaban J connectivity index is 2.19. The van der Waals surface area contributed by atoms with E-state index in [2.05, 4.69) is 15.1 Å². The standard InChI is InChI=1S/C9H8N4OS/c14-9-6-4-15-5-7(6)12-13(9)8-3-10-1-2-11-8/h1-3,12H,4-5H2. The van der Waals surface area contributed by atoms with Crippen molar-refractivity contribution in [2.24, 2.45) is 0 Å². The maximum atomic E-state index is 11.9. The molecule has 6 heteroatoms. The van der Waals surface area contributed by atoms with Gasteiger partial charge in [0.05, 0.1) is 17.5 Å². The average molecular weight is 220 g/mol. The third-order valence-electron chi connectivity index (χ3n) is 2.34. The van der Waals surface area contributed by atoms with Gasteiger partial charge in [-0.2, -0.15) is 16.4 Å². The normalized spacial score (nSPS) is 14.1. The van der Waals surface area contributed by atoms with E-state index in [-0.39, 0.29) is 5.56 Å². The predicted molar refractivity (Wildman–Crippen MR) is 57.0 cm³/mol. The van der Waals surface area contributed by atoms with Gasteiger partial charge in [-0.3, -0.25) is 14.9 Å². The number of nitrogens with one attached hydrogen (secondary N) is 1. The lowest BCUT2D eigenvalue weighted by atomic mass is 10.3. The first-order valence-corrected chi connectivity index (χ1v) is 5.68. The van der Waals surface area contributed by atoms with Crippen molar-refractivity contribution < 1.29 is 0 Å². The zero-order chi connectivity index (χ0) is 10.3. The Hall–Kier alpha value is -1.56. The Morgan fingerprint density at radius 3 is 3.07 bits per heavy atom. The molecule has 0 amide bonds. The molecular weight excluding hydrogens is 212 g/mol. The fourth-order valence-electron chi connectivity index (χ4n) is 1.61. The van der Waals surface area contributed by atoms with Crippen LogP contribution in [0.25, 0.3) is 5.82 Å². The van der Waals surface area contributed by atoms with Gasteiger partial charge < -0.3 is 0 Å². The van der Waals surface area contributed by atoms with Crippen molar-refractivity contribution in [3.63, 3.8) is 0 Å². The van der Waals surface area contributed by atoms with Gasteiger partial charge in [-0.15, -0.1) is 0 Å². The largest absolute Gasteiger partial charge is 0.292 e. The van der Waals surface area contributed by atoms with Gasteiger partial charge in [0.1, 0.15) is 0 Å². The van der Waals surface area contributed by atoms with Gasteiger partial charge in [-0.25, -0.2) is 4.98 Å².